The van der Waals surface area contributed by atoms with E-state index < -0.39 is 0 Å². The molecule has 1 aromatic heterocycles. The van der Waals surface area contributed by atoms with Gasteiger partial charge < -0.3 is 5.73 Å². The highest BCUT2D eigenvalue weighted by Crippen LogP contribution is 2.00. The van der Waals surface area contributed by atoms with Crippen LogP contribution in [-0.2, 0) is 0 Å². The number of aromatic nitrogens is 1. The van der Waals surface area contributed by atoms with Crippen molar-refractivity contribution in [3.05, 3.63) is 59.9 Å². The Bertz CT molecular complexity index is 490. The van der Waals surface area contributed by atoms with Crippen molar-refractivity contribution in [2.75, 3.05) is 5.73 Å². The Kier molecular flexibility index (Phi) is 2.66. The van der Waals surface area contributed by atoms with E-state index in [0.29, 0.717) is 5.69 Å². The van der Waals surface area contributed by atoms with Crippen LogP contribution in [0.5, 0.6) is 0 Å². The fourth-order valence-electron chi connectivity index (χ4n) is 1.14. The van der Waals surface area contributed by atoms with E-state index in [1.165, 1.54) is 0 Å². The lowest BCUT2D eigenvalue weighted by Crippen LogP contribution is -1.87. The van der Waals surface area contributed by atoms with Crippen LogP contribution in [0.4, 0.5) is 5.69 Å². The fraction of sp³-hybridized carbons (Fsp3) is 0. The van der Waals surface area contributed by atoms with E-state index in [4.69, 9.17) is 5.73 Å². The van der Waals surface area contributed by atoms with Crippen LogP contribution in [0.15, 0.2) is 48.7 Å². The third kappa shape index (κ3) is 2.58. The highest BCUT2D eigenvalue weighted by Gasteiger charge is 1.87. The fourth-order valence-corrected chi connectivity index (χ4v) is 1.14. The van der Waals surface area contributed by atoms with Gasteiger partial charge in [0, 0.05) is 5.56 Å². The first-order chi connectivity index (χ1) is 7.34. The molecule has 0 aliphatic heterocycles. The Balaban J connectivity index is 2.22. The lowest BCUT2D eigenvalue weighted by Gasteiger charge is -1.91. The van der Waals surface area contributed by atoms with E-state index in [9.17, 15) is 0 Å². The summed E-state index contributed by atoms with van der Waals surface area (Å²) in [5, 5.41) is 0. The van der Waals surface area contributed by atoms with Crippen LogP contribution in [0.25, 0.3) is 0 Å². The van der Waals surface area contributed by atoms with E-state index in [-0.39, 0.29) is 0 Å². The number of pyridine rings is 1. The molecule has 0 saturated heterocycles. The maximum absolute atomic E-state index is 5.52. The smallest absolute Gasteiger partial charge is 0.113 e. The summed E-state index contributed by atoms with van der Waals surface area (Å²) in [7, 11) is 0. The molecule has 0 radical (unpaired) electrons. The molecule has 1 aromatic carbocycles. The molecule has 72 valence electrons. The third-order valence-electron chi connectivity index (χ3n) is 1.90. The topological polar surface area (TPSA) is 38.9 Å². The predicted molar refractivity (Wildman–Crippen MR) is 61.1 cm³/mol. The molecule has 0 fully saturated rings. The van der Waals surface area contributed by atoms with Crippen LogP contribution in [-0.4, -0.2) is 4.98 Å². The highest BCUT2D eigenvalue weighted by atomic mass is 14.7. The van der Waals surface area contributed by atoms with Gasteiger partial charge in [0.15, 0.2) is 0 Å². The Hall–Kier alpha value is -2.27. The van der Waals surface area contributed by atoms with Crippen LogP contribution in [0.3, 0.4) is 0 Å². The Labute approximate surface area is 88.8 Å². The van der Waals surface area contributed by atoms with Gasteiger partial charge in [0.05, 0.1) is 11.9 Å². The molecule has 0 aliphatic carbocycles. The summed E-state index contributed by atoms with van der Waals surface area (Å²) in [5.74, 6) is 6.00. The quantitative estimate of drug-likeness (QED) is 0.652. The van der Waals surface area contributed by atoms with Crippen LogP contribution >= 0.6 is 0 Å². The molecule has 15 heavy (non-hydrogen) atoms. The minimum Gasteiger partial charge on any atom is -0.397 e. The normalized spacial score (nSPS) is 9.07. The van der Waals surface area contributed by atoms with E-state index in [2.05, 4.69) is 16.8 Å². The van der Waals surface area contributed by atoms with E-state index in [1.54, 1.807) is 12.3 Å². The Morgan fingerprint density at radius 3 is 2.40 bits per heavy atom. The van der Waals surface area contributed by atoms with Gasteiger partial charge in [0.2, 0.25) is 0 Å². The Morgan fingerprint density at radius 1 is 0.933 bits per heavy atom. The molecule has 2 N–H and O–H groups in total. The second kappa shape index (κ2) is 4.30. The molecular weight excluding hydrogens is 184 g/mol. The van der Waals surface area contributed by atoms with Gasteiger partial charge in [-0.2, -0.15) is 0 Å². The van der Waals surface area contributed by atoms with Crippen molar-refractivity contribution >= 4 is 5.69 Å². The molecule has 0 bridgehead atoms. The molecule has 1 heterocycles. The second-order valence-electron chi connectivity index (χ2n) is 3.09. The number of anilines is 1. The maximum atomic E-state index is 5.52. The summed E-state index contributed by atoms with van der Waals surface area (Å²) in [5.41, 5.74) is 7.89. The van der Waals surface area contributed by atoms with Gasteiger partial charge in [0.1, 0.15) is 5.69 Å². The lowest BCUT2D eigenvalue weighted by molar-refractivity contribution is 1.29. The molecule has 0 saturated carbocycles. The van der Waals surface area contributed by atoms with Crippen molar-refractivity contribution in [2.24, 2.45) is 0 Å². The summed E-state index contributed by atoms with van der Waals surface area (Å²) >= 11 is 0. The van der Waals surface area contributed by atoms with E-state index in [0.717, 1.165) is 11.3 Å². The molecule has 0 spiro atoms. The summed E-state index contributed by atoms with van der Waals surface area (Å²) < 4.78 is 0. The molecule has 2 nitrogen and oxygen atoms in total. The average Bonchev–Trinajstić information content (AvgIpc) is 2.30. The van der Waals surface area contributed by atoms with Crippen molar-refractivity contribution in [2.45, 2.75) is 0 Å². The van der Waals surface area contributed by atoms with E-state index >= 15 is 0 Å². The number of rotatable bonds is 0. The van der Waals surface area contributed by atoms with Gasteiger partial charge in [-0.1, -0.05) is 24.1 Å². The van der Waals surface area contributed by atoms with Gasteiger partial charge in [-0.25, -0.2) is 4.98 Å². The summed E-state index contributed by atoms with van der Waals surface area (Å²) in [4.78, 5) is 4.09. The number of nitrogens with zero attached hydrogens (tertiary/aromatic N) is 1. The zero-order valence-electron chi connectivity index (χ0n) is 8.14. The molecule has 0 amide bonds. The number of benzene rings is 1. The van der Waals surface area contributed by atoms with Crippen LogP contribution in [0.1, 0.15) is 11.3 Å². The third-order valence-corrected chi connectivity index (χ3v) is 1.90. The number of hydrogen-bond donors (Lipinski definition) is 1. The monoisotopic (exact) mass is 194 g/mol. The van der Waals surface area contributed by atoms with Crippen molar-refractivity contribution in [3.63, 3.8) is 0 Å². The molecule has 2 rings (SSSR count). The Morgan fingerprint density at radius 2 is 1.73 bits per heavy atom. The van der Waals surface area contributed by atoms with Crippen molar-refractivity contribution in [1.29, 1.82) is 0 Å². The molecule has 0 aliphatic rings. The second-order valence-corrected chi connectivity index (χ2v) is 3.09. The van der Waals surface area contributed by atoms with Gasteiger partial charge in [-0.15, -0.1) is 0 Å². The summed E-state index contributed by atoms with van der Waals surface area (Å²) in [6.07, 6.45) is 1.61. The number of hydrogen-bond acceptors (Lipinski definition) is 2. The first kappa shape index (κ1) is 9.29. The average molecular weight is 194 g/mol. The number of nitrogens with two attached hydrogens (primary N) is 1. The van der Waals surface area contributed by atoms with Gasteiger partial charge >= 0.3 is 0 Å². The molecule has 2 aromatic rings. The maximum Gasteiger partial charge on any atom is 0.113 e. The first-order valence-electron chi connectivity index (χ1n) is 4.63. The van der Waals surface area contributed by atoms with Crippen LogP contribution in [0.2, 0.25) is 0 Å². The van der Waals surface area contributed by atoms with Crippen molar-refractivity contribution < 1.29 is 0 Å². The summed E-state index contributed by atoms with van der Waals surface area (Å²) in [6.45, 7) is 0. The van der Waals surface area contributed by atoms with Crippen LogP contribution < -0.4 is 5.73 Å². The lowest BCUT2D eigenvalue weighted by atomic mass is 10.2. The summed E-state index contributed by atoms with van der Waals surface area (Å²) in [6, 6.07) is 13.4. The number of nitrogen functional groups attached to an aromatic ring is 1. The minimum absolute atomic E-state index is 0.653. The molecular formula is C13H10N2. The van der Waals surface area contributed by atoms with Crippen LogP contribution in [0, 0.1) is 11.8 Å². The van der Waals surface area contributed by atoms with Crippen molar-refractivity contribution in [3.8, 4) is 11.8 Å². The molecule has 2 heteroatoms. The van der Waals surface area contributed by atoms with Crippen molar-refractivity contribution in [1.82, 2.24) is 4.98 Å². The zero-order valence-corrected chi connectivity index (χ0v) is 8.14. The zero-order chi connectivity index (χ0) is 10.5. The minimum atomic E-state index is 0.653. The van der Waals surface area contributed by atoms with Gasteiger partial charge in [-0.05, 0) is 30.2 Å². The van der Waals surface area contributed by atoms with Gasteiger partial charge in [-0.3, -0.25) is 0 Å². The largest absolute Gasteiger partial charge is 0.397 e. The predicted octanol–water partition coefficient (Wildman–Crippen LogP) is 2.06. The molecule has 0 unspecified atom stereocenters. The van der Waals surface area contributed by atoms with E-state index in [1.807, 2.05) is 36.4 Å². The standard InChI is InChI=1S/C13H10N2/c14-12-7-9-13(15-10-12)8-6-11-4-2-1-3-5-11/h1-5,7,9-10H,14H2. The molecule has 0 atom stereocenters. The SMILES string of the molecule is Nc1ccc(C#Cc2ccccc2)nc1. The first-order valence-corrected chi connectivity index (χ1v) is 4.63. The van der Waals surface area contributed by atoms with Gasteiger partial charge in [0.25, 0.3) is 0 Å². The highest BCUT2D eigenvalue weighted by molar-refractivity contribution is 5.43.